The highest BCUT2D eigenvalue weighted by Crippen LogP contribution is 2.39. The Morgan fingerprint density at radius 3 is 2.34 bits per heavy atom. The van der Waals surface area contributed by atoms with Gasteiger partial charge in [-0.25, -0.2) is 0 Å². The molecule has 0 aromatic heterocycles. The number of hydrogen-bond donors (Lipinski definition) is 1. The van der Waals surface area contributed by atoms with Crippen LogP contribution in [0, 0.1) is 11.8 Å². The lowest BCUT2D eigenvalue weighted by Crippen LogP contribution is -2.30. The molecule has 4 aromatic carbocycles. The third kappa shape index (κ3) is 4.34. The quantitative estimate of drug-likeness (QED) is 0.243. The number of rotatable bonds is 5. The van der Waals surface area contributed by atoms with Gasteiger partial charge in [-0.2, -0.15) is 0 Å². The molecule has 1 heterocycles. The summed E-state index contributed by atoms with van der Waals surface area (Å²) in [4.78, 5) is 40.0. The summed E-state index contributed by atoms with van der Waals surface area (Å²) in [6.45, 7) is 2.00. The number of allylic oxidation sites excluding steroid dienone is 2. The fourth-order valence-corrected chi connectivity index (χ4v) is 5.28. The van der Waals surface area contributed by atoms with E-state index in [1.54, 1.807) is 48.5 Å². The fourth-order valence-electron chi connectivity index (χ4n) is 5.28. The molecular weight excluding hydrogens is 476 g/mol. The zero-order chi connectivity index (χ0) is 26.2. The molecule has 38 heavy (non-hydrogen) atoms. The van der Waals surface area contributed by atoms with E-state index in [9.17, 15) is 14.4 Å². The van der Waals surface area contributed by atoms with Gasteiger partial charge >= 0.3 is 0 Å². The Labute approximate surface area is 220 Å². The molecule has 1 saturated heterocycles. The molecule has 1 aliphatic heterocycles. The van der Waals surface area contributed by atoms with Gasteiger partial charge < -0.3 is 10.1 Å². The van der Waals surface area contributed by atoms with E-state index in [4.69, 9.17) is 4.74 Å². The molecule has 1 N–H and O–H groups in total. The van der Waals surface area contributed by atoms with Crippen molar-refractivity contribution in [3.05, 3.63) is 108 Å². The van der Waals surface area contributed by atoms with Crippen LogP contribution in [-0.4, -0.2) is 17.7 Å². The Hall–Kier alpha value is -4.71. The van der Waals surface area contributed by atoms with Gasteiger partial charge in [0.15, 0.2) is 0 Å². The Kier molecular flexibility index (Phi) is 6.00. The lowest BCUT2D eigenvalue weighted by Gasteiger charge is -2.18. The zero-order valence-corrected chi connectivity index (χ0v) is 20.9. The minimum absolute atomic E-state index is 0.157. The van der Waals surface area contributed by atoms with Crippen molar-refractivity contribution in [1.29, 1.82) is 0 Å². The van der Waals surface area contributed by atoms with Crippen molar-refractivity contribution in [2.75, 3.05) is 10.2 Å². The minimum Gasteiger partial charge on any atom is -0.457 e. The van der Waals surface area contributed by atoms with E-state index in [0.29, 0.717) is 35.5 Å². The van der Waals surface area contributed by atoms with Crippen LogP contribution in [0.5, 0.6) is 11.5 Å². The molecule has 3 amide bonds. The summed E-state index contributed by atoms with van der Waals surface area (Å²) in [5, 5.41) is 5.01. The van der Waals surface area contributed by atoms with Crippen molar-refractivity contribution in [3.63, 3.8) is 0 Å². The van der Waals surface area contributed by atoms with Crippen molar-refractivity contribution in [3.8, 4) is 11.5 Å². The Morgan fingerprint density at radius 1 is 0.842 bits per heavy atom. The molecule has 6 nitrogen and oxygen atoms in total. The monoisotopic (exact) mass is 502 g/mol. The lowest BCUT2D eigenvalue weighted by molar-refractivity contribution is -0.122. The predicted molar refractivity (Wildman–Crippen MR) is 147 cm³/mol. The highest BCUT2D eigenvalue weighted by atomic mass is 16.5. The molecule has 2 atom stereocenters. The maximum Gasteiger partial charge on any atom is 0.255 e. The van der Waals surface area contributed by atoms with Crippen LogP contribution in [0.25, 0.3) is 10.8 Å². The third-order valence-corrected chi connectivity index (χ3v) is 7.30. The summed E-state index contributed by atoms with van der Waals surface area (Å²) in [7, 11) is 0. The number of ether oxygens (including phenoxy) is 1. The van der Waals surface area contributed by atoms with Gasteiger partial charge in [0.25, 0.3) is 5.91 Å². The van der Waals surface area contributed by atoms with Crippen LogP contribution in [0.15, 0.2) is 103 Å². The predicted octanol–water partition coefficient (Wildman–Crippen LogP) is 6.73. The Balaban J connectivity index is 1.12. The molecule has 1 aliphatic carbocycles. The summed E-state index contributed by atoms with van der Waals surface area (Å²) >= 11 is 0. The number of carbonyl (C=O) groups excluding carboxylic acids is 3. The number of benzene rings is 4. The van der Waals surface area contributed by atoms with E-state index in [2.05, 4.69) is 5.32 Å². The fraction of sp³-hybridized carbons (Fsp3) is 0.156. The van der Waals surface area contributed by atoms with Gasteiger partial charge in [0.1, 0.15) is 11.5 Å². The summed E-state index contributed by atoms with van der Waals surface area (Å²) < 4.78 is 6.08. The number of amides is 3. The lowest BCUT2D eigenvalue weighted by atomic mass is 9.82. The van der Waals surface area contributed by atoms with Crippen LogP contribution in [-0.2, 0) is 9.59 Å². The van der Waals surface area contributed by atoms with Crippen molar-refractivity contribution in [2.45, 2.75) is 19.8 Å². The van der Waals surface area contributed by atoms with E-state index < -0.39 is 0 Å². The summed E-state index contributed by atoms with van der Waals surface area (Å²) in [6, 6.07) is 27.7. The van der Waals surface area contributed by atoms with Gasteiger partial charge in [-0.1, -0.05) is 48.0 Å². The molecule has 0 spiro atoms. The molecule has 0 radical (unpaired) electrons. The average Bonchev–Trinajstić information content (AvgIpc) is 3.18. The number of nitrogens with zero attached hydrogens (tertiary/aromatic N) is 1. The van der Waals surface area contributed by atoms with Crippen LogP contribution in [0.3, 0.4) is 0 Å². The SMILES string of the molecule is CC1=CC[C@@H]2C(=O)N(c3ccc(C(=O)Nc4ccc(Oc5cccc6ccccc56)cc4)cc3)C(=O)[C@@H]2C1. The van der Waals surface area contributed by atoms with Gasteiger partial charge in [0.05, 0.1) is 17.5 Å². The van der Waals surface area contributed by atoms with Crippen LogP contribution >= 0.6 is 0 Å². The largest absolute Gasteiger partial charge is 0.457 e. The summed E-state index contributed by atoms with van der Waals surface area (Å²) in [6.07, 6.45) is 3.27. The number of anilines is 2. The first kappa shape index (κ1) is 23.7. The first-order valence-corrected chi connectivity index (χ1v) is 12.7. The van der Waals surface area contributed by atoms with Crippen LogP contribution < -0.4 is 15.0 Å². The zero-order valence-electron chi connectivity index (χ0n) is 20.9. The normalized spacial score (nSPS) is 18.8. The van der Waals surface area contributed by atoms with E-state index in [1.165, 1.54) is 4.90 Å². The van der Waals surface area contributed by atoms with Crippen molar-refractivity contribution in [1.82, 2.24) is 0 Å². The molecule has 188 valence electrons. The molecule has 2 aliphatic rings. The second-order valence-electron chi connectivity index (χ2n) is 9.82. The summed E-state index contributed by atoms with van der Waals surface area (Å²) in [5.41, 5.74) is 2.70. The minimum atomic E-state index is -0.290. The standard InChI is InChI=1S/C32H26N2O4/c1-20-9-18-27-28(19-20)32(37)34(31(27)36)24-14-10-22(11-15-24)30(35)33-23-12-16-25(17-13-23)38-29-8-4-6-21-5-2-3-7-26(21)29/h2-17,27-28H,18-19H2,1H3,(H,33,35)/t27-,28+/m0/s1. The molecule has 6 rings (SSSR count). The van der Waals surface area contributed by atoms with Crippen LogP contribution in [0.2, 0.25) is 0 Å². The maximum absolute atomic E-state index is 13.0. The van der Waals surface area contributed by atoms with Crippen molar-refractivity contribution in [2.24, 2.45) is 11.8 Å². The van der Waals surface area contributed by atoms with E-state index in [1.807, 2.05) is 55.5 Å². The second kappa shape index (κ2) is 9.63. The molecule has 1 fully saturated rings. The molecule has 4 aromatic rings. The van der Waals surface area contributed by atoms with Gasteiger partial charge in [0.2, 0.25) is 11.8 Å². The topological polar surface area (TPSA) is 75.7 Å². The molecule has 0 unspecified atom stereocenters. The average molecular weight is 503 g/mol. The summed E-state index contributed by atoms with van der Waals surface area (Å²) in [5.74, 6) is 0.244. The number of carbonyl (C=O) groups is 3. The van der Waals surface area contributed by atoms with Gasteiger partial charge in [-0.05, 0) is 79.7 Å². The van der Waals surface area contributed by atoms with E-state index >= 15 is 0 Å². The first-order chi connectivity index (χ1) is 18.5. The Bertz CT molecular complexity index is 1580. The second-order valence-corrected chi connectivity index (χ2v) is 9.82. The third-order valence-electron chi connectivity index (χ3n) is 7.30. The maximum atomic E-state index is 13.0. The molecular formula is C32H26N2O4. The number of nitrogens with one attached hydrogen (secondary N) is 1. The highest BCUT2D eigenvalue weighted by Gasteiger charge is 2.48. The number of hydrogen-bond acceptors (Lipinski definition) is 4. The van der Waals surface area contributed by atoms with Gasteiger partial charge in [-0.15, -0.1) is 0 Å². The Morgan fingerprint density at radius 2 is 1.55 bits per heavy atom. The highest BCUT2D eigenvalue weighted by molar-refractivity contribution is 6.22. The van der Waals surface area contributed by atoms with E-state index in [-0.39, 0.29) is 29.6 Å². The molecule has 0 saturated carbocycles. The molecule has 0 bridgehead atoms. The smallest absolute Gasteiger partial charge is 0.255 e. The van der Waals surface area contributed by atoms with Crippen LogP contribution in [0.1, 0.15) is 30.1 Å². The van der Waals surface area contributed by atoms with E-state index in [0.717, 1.165) is 22.1 Å². The van der Waals surface area contributed by atoms with Crippen molar-refractivity contribution < 1.29 is 19.1 Å². The number of imide groups is 1. The first-order valence-electron chi connectivity index (χ1n) is 12.7. The van der Waals surface area contributed by atoms with Crippen LogP contribution in [0.4, 0.5) is 11.4 Å². The van der Waals surface area contributed by atoms with Gasteiger partial charge in [-0.3, -0.25) is 19.3 Å². The number of fused-ring (bicyclic) bond motifs is 2. The van der Waals surface area contributed by atoms with Gasteiger partial charge in [0, 0.05) is 16.6 Å². The molecule has 6 heteroatoms. The van der Waals surface area contributed by atoms with Crippen molar-refractivity contribution >= 4 is 39.9 Å².